The number of rotatable bonds is 8. The van der Waals surface area contributed by atoms with E-state index >= 15 is 0 Å². The number of methoxy groups -OCH3 is 2. The Morgan fingerprint density at radius 2 is 1.67 bits per heavy atom. The van der Waals surface area contributed by atoms with Crippen LogP contribution in [-0.2, 0) is 21.8 Å². The molecule has 0 atom stereocenters. The summed E-state index contributed by atoms with van der Waals surface area (Å²) in [7, 11) is 3.02. The fourth-order valence-corrected chi connectivity index (χ4v) is 4.42. The molecule has 0 aliphatic rings. The third-order valence-corrected chi connectivity index (χ3v) is 6.23. The van der Waals surface area contributed by atoms with Crippen molar-refractivity contribution in [3.05, 3.63) is 107 Å². The van der Waals surface area contributed by atoms with Crippen LogP contribution >= 0.6 is 0 Å². The van der Waals surface area contributed by atoms with E-state index in [4.69, 9.17) is 9.47 Å². The highest BCUT2D eigenvalue weighted by molar-refractivity contribution is 6.02. The number of hydrogen-bond acceptors (Lipinski definition) is 5. The molecule has 6 nitrogen and oxygen atoms in total. The van der Waals surface area contributed by atoms with Crippen molar-refractivity contribution in [2.24, 2.45) is 0 Å². The SMILES string of the molecule is CCc1cccc(C(NC(=O)c2cc(-c3cc(C)cc(C)c3)ccc2-c2cnccn2)(OC)OC)c1. The summed E-state index contributed by atoms with van der Waals surface area (Å²) in [5.74, 6) is -1.81. The number of hydrogen-bond donors (Lipinski definition) is 1. The number of aromatic nitrogens is 2. The van der Waals surface area contributed by atoms with Crippen LogP contribution in [0.2, 0.25) is 0 Å². The molecule has 36 heavy (non-hydrogen) atoms. The molecule has 4 aromatic rings. The normalized spacial score (nSPS) is 11.4. The first kappa shape index (κ1) is 25.2. The van der Waals surface area contributed by atoms with Crippen LogP contribution in [-0.4, -0.2) is 30.1 Å². The maximum absolute atomic E-state index is 13.9. The molecular formula is C30H31N3O3. The summed E-state index contributed by atoms with van der Waals surface area (Å²) in [6, 6.07) is 19.9. The summed E-state index contributed by atoms with van der Waals surface area (Å²) in [5, 5.41) is 2.99. The predicted octanol–water partition coefficient (Wildman–Crippen LogP) is 5.82. The van der Waals surface area contributed by atoms with Gasteiger partial charge in [-0.2, -0.15) is 0 Å². The number of aryl methyl sites for hydroxylation is 3. The lowest BCUT2D eigenvalue weighted by Gasteiger charge is -2.32. The second kappa shape index (κ2) is 10.8. The third-order valence-electron chi connectivity index (χ3n) is 6.23. The zero-order valence-corrected chi connectivity index (χ0v) is 21.3. The fourth-order valence-electron chi connectivity index (χ4n) is 4.42. The van der Waals surface area contributed by atoms with E-state index in [2.05, 4.69) is 54.3 Å². The van der Waals surface area contributed by atoms with Gasteiger partial charge in [-0.25, -0.2) is 0 Å². The Morgan fingerprint density at radius 1 is 0.917 bits per heavy atom. The number of nitrogens with one attached hydrogen (secondary N) is 1. The van der Waals surface area contributed by atoms with E-state index in [0.717, 1.165) is 34.2 Å². The van der Waals surface area contributed by atoms with Crippen LogP contribution in [0.1, 0.15) is 39.5 Å². The van der Waals surface area contributed by atoms with Crippen molar-refractivity contribution in [3.63, 3.8) is 0 Å². The van der Waals surface area contributed by atoms with Gasteiger partial charge in [0.25, 0.3) is 11.8 Å². The monoisotopic (exact) mass is 481 g/mol. The Labute approximate surface area is 212 Å². The van der Waals surface area contributed by atoms with E-state index in [1.54, 1.807) is 18.6 Å². The van der Waals surface area contributed by atoms with E-state index in [1.165, 1.54) is 14.2 Å². The van der Waals surface area contributed by atoms with Crippen molar-refractivity contribution in [2.75, 3.05) is 14.2 Å². The summed E-state index contributed by atoms with van der Waals surface area (Å²) in [6.45, 7) is 6.20. The Morgan fingerprint density at radius 3 is 2.31 bits per heavy atom. The number of carbonyl (C=O) groups excluding carboxylic acids is 1. The number of amides is 1. The number of carbonyl (C=O) groups is 1. The van der Waals surface area contributed by atoms with Gasteiger partial charge in [0.05, 0.1) is 11.9 Å². The van der Waals surface area contributed by atoms with Gasteiger partial charge in [-0.3, -0.25) is 20.1 Å². The van der Waals surface area contributed by atoms with Crippen molar-refractivity contribution in [1.82, 2.24) is 15.3 Å². The summed E-state index contributed by atoms with van der Waals surface area (Å²) in [5.41, 5.74) is 7.78. The summed E-state index contributed by atoms with van der Waals surface area (Å²) >= 11 is 0. The van der Waals surface area contributed by atoms with Crippen LogP contribution in [0.15, 0.2) is 79.3 Å². The lowest BCUT2D eigenvalue weighted by Crippen LogP contribution is -2.49. The smallest absolute Gasteiger partial charge is 0.279 e. The average Bonchev–Trinajstić information content (AvgIpc) is 2.91. The van der Waals surface area contributed by atoms with E-state index in [0.29, 0.717) is 22.4 Å². The molecule has 0 aliphatic heterocycles. The van der Waals surface area contributed by atoms with Crippen LogP contribution in [0.3, 0.4) is 0 Å². The minimum absolute atomic E-state index is 0.354. The second-order valence-electron chi connectivity index (χ2n) is 8.76. The molecule has 4 rings (SSSR count). The van der Waals surface area contributed by atoms with Gasteiger partial charge in [-0.05, 0) is 49.1 Å². The zero-order valence-electron chi connectivity index (χ0n) is 21.3. The standard InChI is InChI=1S/C30H31N3O3/c1-6-22-8-7-9-25(17-22)30(35-4,36-5)33-29(34)27-18-23(24-15-20(2)14-21(3)16-24)10-11-26(27)28-19-31-12-13-32-28/h7-19H,6H2,1-5H3,(H,33,34). The topological polar surface area (TPSA) is 73.3 Å². The second-order valence-corrected chi connectivity index (χ2v) is 8.76. The highest BCUT2D eigenvalue weighted by Crippen LogP contribution is 2.31. The van der Waals surface area contributed by atoms with Crippen molar-refractivity contribution < 1.29 is 14.3 Å². The molecule has 3 aromatic carbocycles. The molecule has 6 heteroatoms. The van der Waals surface area contributed by atoms with E-state index in [9.17, 15) is 4.79 Å². The lowest BCUT2D eigenvalue weighted by atomic mass is 9.95. The first-order chi connectivity index (χ1) is 17.4. The van der Waals surface area contributed by atoms with E-state index in [1.807, 2.05) is 42.5 Å². The van der Waals surface area contributed by atoms with Gasteiger partial charge in [0.1, 0.15) is 0 Å². The highest BCUT2D eigenvalue weighted by Gasteiger charge is 2.35. The number of benzene rings is 3. The van der Waals surface area contributed by atoms with Crippen molar-refractivity contribution in [2.45, 2.75) is 33.1 Å². The number of ether oxygens (including phenoxy) is 2. The van der Waals surface area contributed by atoms with Gasteiger partial charge in [0, 0.05) is 43.3 Å². The summed E-state index contributed by atoms with van der Waals surface area (Å²) in [6.07, 6.45) is 5.71. The first-order valence-electron chi connectivity index (χ1n) is 11.9. The highest BCUT2D eigenvalue weighted by atomic mass is 16.7. The van der Waals surface area contributed by atoms with Crippen molar-refractivity contribution in [3.8, 4) is 22.4 Å². The molecule has 1 N–H and O–H groups in total. The van der Waals surface area contributed by atoms with Crippen LogP contribution in [0.4, 0.5) is 0 Å². The van der Waals surface area contributed by atoms with Gasteiger partial charge in [0.15, 0.2) is 0 Å². The molecule has 0 spiro atoms. The average molecular weight is 482 g/mol. The quantitative estimate of drug-likeness (QED) is 0.321. The van der Waals surface area contributed by atoms with Gasteiger partial charge < -0.3 is 9.47 Å². The fraction of sp³-hybridized carbons (Fsp3) is 0.233. The van der Waals surface area contributed by atoms with Crippen LogP contribution < -0.4 is 5.32 Å². The van der Waals surface area contributed by atoms with Gasteiger partial charge >= 0.3 is 0 Å². The number of nitrogens with zero attached hydrogens (tertiary/aromatic N) is 2. The zero-order chi connectivity index (χ0) is 25.7. The molecule has 1 aromatic heterocycles. The first-order valence-corrected chi connectivity index (χ1v) is 11.9. The Kier molecular flexibility index (Phi) is 7.58. The molecule has 1 amide bonds. The Bertz CT molecular complexity index is 1340. The molecule has 1 heterocycles. The molecule has 0 bridgehead atoms. The summed E-state index contributed by atoms with van der Waals surface area (Å²) in [4.78, 5) is 22.5. The Balaban J connectivity index is 1.82. The molecule has 0 saturated heterocycles. The van der Waals surface area contributed by atoms with Gasteiger partial charge in [0.2, 0.25) is 0 Å². The molecule has 0 fully saturated rings. The lowest BCUT2D eigenvalue weighted by molar-refractivity contribution is -0.229. The Hall–Kier alpha value is -3.87. The van der Waals surface area contributed by atoms with Crippen molar-refractivity contribution >= 4 is 5.91 Å². The minimum atomic E-state index is -1.46. The maximum atomic E-state index is 13.9. The maximum Gasteiger partial charge on any atom is 0.279 e. The third kappa shape index (κ3) is 5.20. The largest absolute Gasteiger partial charge is 0.332 e. The van der Waals surface area contributed by atoms with Gasteiger partial charge in [-0.15, -0.1) is 0 Å². The molecule has 0 aliphatic carbocycles. The van der Waals surface area contributed by atoms with Crippen LogP contribution in [0.25, 0.3) is 22.4 Å². The van der Waals surface area contributed by atoms with Crippen molar-refractivity contribution in [1.29, 1.82) is 0 Å². The molecule has 184 valence electrons. The minimum Gasteiger partial charge on any atom is -0.332 e. The van der Waals surface area contributed by atoms with Gasteiger partial charge in [-0.1, -0.05) is 66.6 Å². The molecule has 0 saturated carbocycles. The molecule has 0 radical (unpaired) electrons. The van der Waals surface area contributed by atoms with Crippen LogP contribution in [0.5, 0.6) is 0 Å². The van der Waals surface area contributed by atoms with E-state index in [-0.39, 0.29) is 5.91 Å². The molecule has 0 unspecified atom stereocenters. The van der Waals surface area contributed by atoms with E-state index < -0.39 is 5.91 Å². The molecular weight excluding hydrogens is 450 g/mol. The predicted molar refractivity (Wildman–Crippen MR) is 141 cm³/mol. The summed E-state index contributed by atoms with van der Waals surface area (Å²) < 4.78 is 11.5. The van der Waals surface area contributed by atoms with Crippen LogP contribution in [0, 0.1) is 13.8 Å².